The van der Waals surface area contributed by atoms with Crippen LogP contribution in [0.3, 0.4) is 0 Å². The lowest BCUT2D eigenvalue weighted by molar-refractivity contribution is 0.237. The Hall–Kier alpha value is -0.450. The molecule has 1 aromatic rings. The van der Waals surface area contributed by atoms with Gasteiger partial charge in [-0.3, -0.25) is 4.90 Å². The Bertz CT molecular complexity index is 362. The number of thiazole rings is 1. The van der Waals surface area contributed by atoms with Gasteiger partial charge < -0.3 is 5.32 Å². The molecule has 1 fully saturated rings. The van der Waals surface area contributed by atoms with E-state index in [4.69, 9.17) is 4.98 Å². The predicted octanol–water partition coefficient (Wildman–Crippen LogP) is 3.02. The van der Waals surface area contributed by atoms with Crippen molar-refractivity contribution >= 4 is 11.3 Å². The van der Waals surface area contributed by atoms with Crippen LogP contribution in [0.4, 0.5) is 0 Å². The first kappa shape index (κ1) is 14.0. The molecular formula is C14H25N3S. The maximum absolute atomic E-state index is 4.73. The Morgan fingerprint density at radius 2 is 2.39 bits per heavy atom. The van der Waals surface area contributed by atoms with Crippen molar-refractivity contribution in [3.8, 4) is 0 Å². The Labute approximate surface area is 115 Å². The summed E-state index contributed by atoms with van der Waals surface area (Å²) in [5.74, 6) is 0. The van der Waals surface area contributed by atoms with Gasteiger partial charge >= 0.3 is 0 Å². The van der Waals surface area contributed by atoms with Crippen LogP contribution in [0, 0.1) is 0 Å². The average Bonchev–Trinajstić information content (AvgIpc) is 2.96. The van der Waals surface area contributed by atoms with Crippen LogP contribution in [0.25, 0.3) is 0 Å². The molecule has 0 aliphatic carbocycles. The van der Waals surface area contributed by atoms with Crippen LogP contribution in [0.5, 0.6) is 0 Å². The molecule has 1 N–H and O–H groups in total. The summed E-state index contributed by atoms with van der Waals surface area (Å²) < 4.78 is 0. The summed E-state index contributed by atoms with van der Waals surface area (Å²) in [5.41, 5.74) is 1.25. The average molecular weight is 267 g/mol. The molecule has 2 heterocycles. The van der Waals surface area contributed by atoms with Gasteiger partial charge in [0.05, 0.1) is 5.69 Å². The van der Waals surface area contributed by atoms with Gasteiger partial charge in [0.1, 0.15) is 5.01 Å². The van der Waals surface area contributed by atoms with Gasteiger partial charge in [0.15, 0.2) is 0 Å². The second-order valence-corrected chi connectivity index (χ2v) is 6.39. The molecule has 1 saturated heterocycles. The molecule has 3 nitrogen and oxygen atoms in total. The Balaban J connectivity index is 1.86. The fraction of sp³-hybridized carbons (Fsp3) is 0.786. The summed E-state index contributed by atoms with van der Waals surface area (Å²) in [6.07, 6.45) is 3.98. The van der Waals surface area contributed by atoms with Crippen LogP contribution in [0.15, 0.2) is 5.38 Å². The minimum atomic E-state index is 0.528. The minimum absolute atomic E-state index is 0.528. The summed E-state index contributed by atoms with van der Waals surface area (Å²) in [7, 11) is 0. The third-order valence-corrected chi connectivity index (χ3v) is 4.49. The summed E-state index contributed by atoms with van der Waals surface area (Å²) in [6, 6.07) is 1.31. The van der Waals surface area contributed by atoms with Crippen LogP contribution >= 0.6 is 11.3 Å². The fourth-order valence-corrected chi connectivity index (χ4v) is 3.30. The monoisotopic (exact) mass is 267 g/mol. The van der Waals surface area contributed by atoms with Crippen molar-refractivity contribution in [3.05, 3.63) is 16.1 Å². The van der Waals surface area contributed by atoms with E-state index in [-0.39, 0.29) is 0 Å². The highest BCUT2D eigenvalue weighted by atomic mass is 32.1. The largest absolute Gasteiger partial charge is 0.308 e. The van der Waals surface area contributed by atoms with E-state index in [0.29, 0.717) is 6.04 Å². The molecule has 0 aromatic carbocycles. The molecule has 2 rings (SSSR count). The Morgan fingerprint density at radius 1 is 1.56 bits per heavy atom. The molecule has 1 unspecified atom stereocenters. The number of hydrogen-bond acceptors (Lipinski definition) is 4. The van der Waals surface area contributed by atoms with Crippen molar-refractivity contribution in [2.45, 2.75) is 65.2 Å². The zero-order chi connectivity index (χ0) is 13.0. The molecule has 1 aliphatic rings. The van der Waals surface area contributed by atoms with E-state index in [2.05, 4.69) is 36.4 Å². The van der Waals surface area contributed by atoms with Gasteiger partial charge in [-0.25, -0.2) is 4.98 Å². The highest BCUT2D eigenvalue weighted by Gasteiger charge is 2.23. The number of nitrogens with zero attached hydrogens (tertiary/aromatic N) is 2. The van der Waals surface area contributed by atoms with E-state index in [1.807, 2.05) is 0 Å². The molecule has 0 saturated carbocycles. The maximum atomic E-state index is 4.73. The number of nitrogens with one attached hydrogen (secondary N) is 1. The number of rotatable bonds is 6. The molecule has 1 aromatic heterocycles. The third-order valence-electron chi connectivity index (χ3n) is 3.60. The lowest BCUT2D eigenvalue weighted by Gasteiger charge is -2.21. The smallest absolute Gasteiger partial charge is 0.107 e. The quantitative estimate of drug-likeness (QED) is 0.859. The standard InChI is InChI=1S/C14H25N3S/c1-4-13-6-5-7-17(13)9-12-10-18-14(16-12)8-15-11(2)3/h10-11,13,15H,4-9H2,1-3H3. The molecule has 0 spiro atoms. The number of aromatic nitrogens is 1. The zero-order valence-corrected chi connectivity index (χ0v) is 12.6. The second-order valence-electron chi connectivity index (χ2n) is 5.44. The predicted molar refractivity (Wildman–Crippen MR) is 77.8 cm³/mol. The van der Waals surface area contributed by atoms with Crippen LogP contribution in [-0.2, 0) is 13.1 Å². The lowest BCUT2D eigenvalue weighted by Crippen LogP contribution is -2.28. The topological polar surface area (TPSA) is 28.2 Å². The van der Waals surface area contributed by atoms with Crippen LogP contribution in [0.2, 0.25) is 0 Å². The molecule has 0 bridgehead atoms. The first-order valence-electron chi connectivity index (χ1n) is 7.09. The van der Waals surface area contributed by atoms with Gasteiger partial charge in [-0.15, -0.1) is 11.3 Å². The molecular weight excluding hydrogens is 242 g/mol. The van der Waals surface area contributed by atoms with Gasteiger partial charge in [0.2, 0.25) is 0 Å². The van der Waals surface area contributed by atoms with Gasteiger partial charge in [-0.2, -0.15) is 0 Å². The number of hydrogen-bond donors (Lipinski definition) is 1. The van der Waals surface area contributed by atoms with Crippen LogP contribution < -0.4 is 5.32 Å². The van der Waals surface area contributed by atoms with Crippen molar-refractivity contribution in [2.24, 2.45) is 0 Å². The van der Waals surface area contributed by atoms with Gasteiger partial charge in [-0.05, 0) is 25.8 Å². The minimum Gasteiger partial charge on any atom is -0.308 e. The van der Waals surface area contributed by atoms with E-state index in [9.17, 15) is 0 Å². The first-order valence-corrected chi connectivity index (χ1v) is 7.97. The molecule has 0 radical (unpaired) electrons. The molecule has 1 atom stereocenters. The molecule has 4 heteroatoms. The summed E-state index contributed by atoms with van der Waals surface area (Å²) in [5, 5.41) is 6.86. The Morgan fingerprint density at radius 3 is 3.11 bits per heavy atom. The van der Waals surface area contributed by atoms with E-state index < -0.39 is 0 Å². The molecule has 18 heavy (non-hydrogen) atoms. The lowest BCUT2D eigenvalue weighted by atomic mass is 10.2. The van der Waals surface area contributed by atoms with E-state index in [1.54, 1.807) is 11.3 Å². The normalized spacial score (nSPS) is 21.0. The summed E-state index contributed by atoms with van der Waals surface area (Å²) in [4.78, 5) is 7.32. The highest BCUT2D eigenvalue weighted by Crippen LogP contribution is 2.22. The van der Waals surface area contributed by atoms with Crippen molar-refractivity contribution < 1.29 is 0 Å². The van der Waals surface area contributed by atoms with E-state index in [0.717, 1.165) is 19.1 Å². The highest BCUT2D eigenvalue weighted by molar-refractivity contribution is 7.09. The molecule has 0 amide bonds. The van der Waals surface area contributed by atoms with Gasteiger partial charge in [0, 0.05) is 30.6 Å². The zero-order valence-electron chi connectivity index (χ0n) is 11.8. The Kier molecular flexibility index (Phi) is 5.15. The van der Waals surface area contributed by atoms with Crippen molar-refractivity contribution in [3.63, 3.8) is 0 Å². The molecule has 102 valence electrons. The van der Waals surface area contributed by atoms with Gasteiger partial charge in [0.25, 0.3) is 0 Å². The third kappa shape index (κ3) is 3.77. The van der Waals surface area contributed by atoms with Crippen LogP contribution in [-0.4, -0.2) is 28.5 Å². The van der Waals surface area contributed by atoms with Crippen molar-refractivity contribution in [1.29, 1.82) is 0 Å². The fourth-order valence-electron chi connectivity index (χ4n) is 2.57. The first-order chi connectivity index (χ1) is 8.69. The molecule has 1 aliphatic heterocycles. The SMILES string of the molecule is CCC1CCCN1Cc1csc(CNC(C)C)n1. The summed E-state index contributed by atoms with van der Waals surface area (Å²) in [6.45, 7) is 9.82. The van der Waals surface area contributed by atoms with E-state index >= 15 is 0 Å². The second kappa shape index (κ2) is 6.64. The van der Waals surface area contributed by atoms with Crippen molar-refractivity contribution in [2.75, 3.05) is 6.54 Å². The van der Waals surface area contributed by atoms with Crippen LogP contribution in [0.1, 0.15) is 50.7 Å². The number of likely N-dealkylation sites (tertiary alicyclic amines) is 1. The van der Waals surface area contributed by atoms with E-state index in [1.165, 1.54) is 36.5 Å². The maximum Gasteiger partial charge on any atom is 0.107 e. The van der Waals surface area contributed by atoms with Gasteiger partial charge in [-0.1, -0.05) is 20.8 Å². The summed E-state index contributed by atoms with van der Waals surface area (Å²) >= 11 is 1.78. The van der Waals surface area contributed by atoms with Crippen molar-refractivity contribution in [1.82, 2.24) is 15.2 Å².